The van der Waals surface area contributed by atoms with Crippen LogP contribution in [0.4, 0.5) is 5.82 Å². The van der Waals surface area contributed by atoms with Crippen molar-refractivity contribution in [3.05, 3.63) is 17.8 Å². The van der Waals surface area contributed by atoms with Crippen molar-refractivity contribution in [1.82, 2.24) is 9.97 Å². The summed E-state index contributed by atoms with van der Waals surface area (Å²) >= 11 is 1.72. The zero-order chi connectivity index (χ0) is 12.5. The van der Waals surface area contributed by atoms with Gasteiger partial charge in [0.15, 0.2) is 0 Å². The summed E-state index contributed by atoms with van der Waals surface area (Å²) < 4.78 is 1.18. The Labute approximate surface area is 112 Å². The molecule has 18 heavy (non-hydrogen) atoms. The van der Waals surface area contributed by atoms with Crippen LogP contribution in [0.2, 0.25) is 0 Å². The predicted molar refractivity (Wildman–Crippen MR) is 77.0 cm³/mol. The number of aromatic nitrogens is 2. The largest absolute Gasteiger partial charge is 0.366 e. The van der Waals surface area contributed by atoms with Crippen molar-refractivity contribution in [2.45, 2.75) is 39.2 Å². The molecule has 96 valence electrons. The molecular weight excluding hydrogens is 242 g/mol. The van der Waals surface area contributed by atoms with Crippen molar-refractivity contribution < 1.29 is 0 Å². The SMILES string of the molecule is CC1CC(C)CC(Nc2ncnc3ccsc23)C1. The van der Waals surface area contributed by atoms with Gasteiger partial charge < -0.3 is 5.32 Å². The molecule has 0 aliphatic heterocycles. The number of nitrogens with zero attached hydrogens (tertiary/aromatic N) is 2. The molecule has 1 fully saturated rings. The molecule has 0 spiro atoms. The van der Waals surface area contributed by atoms with Crippen LogP contribution in [0, 0.1) is 11.8 Å². The maximum absolute atomic E-state index is 4.41. The molecule has 0 amide bonds. The molecular formula is C14H19N3S. The van der Waals surface area contributed by atoms with E-state index in [0.29, 0.717) is 6.04 Å². The second kappa shape index (κ2) is 4.84. The fourth-order valence-electron chi connectivity index (χ4n) is 3.15. The van der Waals surface area contributed by atoms with E-state index in [-0.39, 0.29) is 0 Å². The molecule has 1 aliphatic carbocycles. The summed E-state index contributed by atoms with van der Waals surface area (Å²) in [5, 5.41) is 5.71. The third kappa shape index (κ3) is 2.34. The Morgan fingerprint density at radius 2 is 1.94 bits per heavy atom. The minimum absolute atomic E-state index is 0.559. The van der Waals surface area contributed by atoms with Crippen LogP contribution < -0.4 is 5.32 Å². The van der Waals surface area contributed by atoms with E-state index in [1.807, 2.05) is 0 Å². The molecule has 3 rings (SSSR count). The normalized spacial score (nSPS) is 28.4. The summed E-state index contributed by atoms with van der Waals surface area (Å²) in [7, 11) is 0. The van der Waals surface area contributed by atoms with Crippen molar-refractivity contribution in [2.24, 2.45) is 11.8 Å². The molecule has 2 aromatic heterocycles. The minimum atomic E-state index is 0.559. The molecule has 2 heterocycles. The van der Waals surface area contributed by atoms with Crippen LogP contribution in [-0.2, 0) is 0 Å². The number of rotatable bonds is 2. The number of fused-ring (bicyclic) bond motifs is 1. The molecule has 0 aromatic carbocycles. The van der Waals surface area contributed by atoms with Crippen LogP contribution >= 0.6 is 11.3 Å². The summed E-state index contributed by atoms with van der Waals surface area (Å²) in [5.41, 5.74) is 1.05. The van der Waals surface area contributed by atoms with Crippen LogP contribution in [0.15, 0.2) is 17.8 Å². The standard InChI is InChI=1S/C14H19N3S/c1-9-5-10(2)7-11(6-9)17-14-13-12(3-4-18-13)15-8-16-14/h3-4,8-11H,5-7H2,1-2H3,(H,15,16,17). The Balaban J connectivity index is 1.81. The average molecular weight is 261 g/mol. The van der Waals surface area contributed by atoms with E-state index >= 15 is 0 Å². The van der Waals surface area contributed by atoms with E-state index in [0.717, 1.165) is 23.2 Å². The molecule has 1 saturated carbocycles. The molecule has 0 bridgehead atoms. The maximum Gasteiger partial charge on any atom is 0.147 e. The average Bonchev–Trinajstić information content (AvgIpc) is 2.76. The van der Waals surface area contributed by atoms with Crippen LogP contribution in [0.5, 0.6) is 0 Å². The van der Waals surface area contributed by atoms with Gasteiger partial charge in [-0.2, -0.15) is 0 Å². The first kappa shape index (κ1) is 11.9. The molecule has 0 radical (unpaired) electrons. The van der Waals surface area contributed by atoms with E-state index in [1.54, 1.807) is 17.7 Å². The lowest BCUT2D eigenvalue weighted by Crippen LogP contribution is -2.30. The second-order valence-corrected chi connectivity index (χ2v) is 6.53. The lowest BCUT2D eigenvalue weighted by molar-refractivity contribution is 0.280. The summed E-state index contributed by atoms with van der Waals surface area (Å²) in [6, 6.07) is 2.61. The van der Waals surface area contributed by atoms with Crippen molar-refractivity contribution >= 4 is 27.4 Å². The molecule has 2 atom stereocenters. The van der Waals surface area contributed by atoms with E-state index < -0.39 is 0 Å². The smallest absolute Gasteiger partial charge is 0.147 e. The predicted octanol–water partition coefficient (Wildman–Crippen LogP) is 3.93. The number of thiophene rings is 1. The van der Waals surface area contributed by atoms with Crippen molar-refractivity contribution in [3.63, 3.8) is 0 Å². The zero-order valence-electron chi connectivity index (χ0n) is 10.9. The Morgan fingerprint density at radius 1 is 1.17 bits per heavy atom. The number of nitrogens with one attached hydrogen (secondary N) is 1. The van der Waals surface area contributed by atoms with E-state index in [1.165, 1.54) is 24.0 Å². The highest BCUT2D eigenvalue weighted by molar-refractivity contribution is 7.17. The van der Waals surface area contributed by atoms with Crippen molar-refractivity contribution in [2.75, 3.05) is 5.32 Å². The van der Waals surface area contributed by atoms with Crippen molar-refractivity contribution in [1.29, 1.82) is 0 Å². The fraction of sp³-hybridized carbons (Fsp3) is 0.571. The van der Waals surface area contributed by atoms with Gasteiger partial charge in [0.25, 0.3) is 0 Å². The van der Waals surface area contributed by atoms with Gasteiger partial charge in [0.1, 0.15) is 12.1 Å². The molecule has 3 nitrogen and oxygen atoms in total. The Kier molecular flexibility index (Phi) is 3.20. The summed E-state index contributed by atoms with van der Waals surface area (Å²) in [5.74, 6) is 2.64. The molecule has 2 aromatic rings. The molecule has 1 N–H and O–H groups in total. The van der Waals surface area contributed by atoms with Gasteiger partial charge in [0.05, 0.1) is 10.2 Å². The summed E-state index contributed by atoms with van der Waals surface area (Å²) in [6.45, 7) is 4.70. The van der Waals surface area contributed by atoms with Gasteiger partial charge in [0, 0.05) is 6.04 Å². The number of hydrogen-bond donors (Lipinski definition) is 1. The molecule has 2 unspecified atom stereocenters. The Hall–Kier alpha value is -1.16. The van der Waals surface area contributed by atoms with Gasteiger partial charge in [0.2, 0.25) is 0 Å². The first-order valence-electron chi connectivity index (χ1n) is 6.67. The molecule has 4 heteroatoms. The lowest BCUT2D eigenvalue weighted by Gasteiger charge is -2.32. The third-order valence-corrected chi connectivity index (χ3v) is 4.67. The van der Waals surface area contributed by atoms with Crippen LogP contribution in [0.1, 0.15) is 33.1 Å². The number of anilines is 1. The van der Waals surface area contributed by atoms with Crippen LogP contribution in [0.25, 0.3) is 10.2 Å². The summed E-state index contributed by atoms with van der Waals surface area (Å²) in [6.07, 6.45) is 5.52. The third-order valence-electron chi connectivity index (χ3n) is 3.76. The summed E-state index contributed by atoms with van der Waals surface area (Å²) in [4.78, 5) is 8.70. The lowest BCUT2D eigenvalue weighted by atomic mass is 9.80. The maximum atomic E-state index is 4.41. The Morgan fingerprint density at radius 3 is 2.72 bits per heavy atom. The fourth-order valence-corrected chi connectivity index (χ4v) is 3.95. The highest BCUT2D eigenvalue weighted by Gasteiger charge is 2.24. The van der Waals surface area contributed by atoms with Gasteiger partial charge in [-0.15, -0.1) is 11.3 Å². The van der Waals surface area contributed by atoms with Crippen LogP contribution in [0.3, 0.4) is 0 Å². The van der Waals surface area contributed by atoms with Gasteiger partial charge in [-0.3, -0.25) is 0 Å². The zero-order valence-corrected chi connectivity index (χ0v) is 11.7. The first-order chi connectivity index (χ1) is 8.72. The van der Waals surface area contributed by atoms with Gasteiger partial charge in [-0.05, 0) is 42.5 Å². The number of hydrogen-bond acceptors (Lipinski definition) is 4. The highest BCUT2D eigenvalue weighted by Crippen LogP contribution is 2.32. The van der Waals surface area contributed by atoms with Gasteiger partial charge in [-0.1, -0.05) is 13.8 Å². The topological polar surface area (TPSA) is 37.8 Å². The van der Waals surface area contributed by atoms with Gasteiger partial charge in [-0.25, -0.2) is 9.97 Å². The van der Waals surface area contributed by atoms with Crippen molar-refractivity contribution in [3.8, 4) is 0 Å². The van der Waals surface area contributed by atoms with E-state index in [2.05, 4.69) is 40.6 Å². The Bertz CT molecular complexity index is 527. The molecule has 0 saturated heterocycles. The van der Waals surface area contributed by atoms with Crippen LogP contribution in [-0.4, -0.2) is 16.0 Å². The minimum Gasteiger partial charge on any atom is -0.366 e. The second-order valence-electron chi connectivity index (χ2n) is 5.62. The van der Waals surface area contributed by atoms with Gasteiger partial charge >= 0.3 is 0 Å². The van der Waals surface area contributed by atoms with E-state index in [9.17, 15) is 0 Å². The van der Waals surface area contributed by atoms with E-state index in [4.69, 9.17) is 0 Å². The highest BCUT2D eigenvalue weighted by atomic mass is 32.1. The first-order valence-corrected chi connectivity index (χ1v) is 7.55. The monoisotopic (exact) mass is 261 g/mol. The quantitative estimate of drug-likeness (QED) is 0.890. The molecule has 1 aliphatic rings.